The molecule has 0 atom stereocenters. The van der Waals surface area contributed by atoms with Crippen LogP contribution in [0.2, 0.25) is 5.02 Å². The molecule has 32 heavy (non-hydrogen) atoms. The van der Waals surface area contributed by atoms with Crippen molar-refractivity contribution in [3.05, 3.63) is 59.1 Å². The maximum Gasteiger partial charge on any atom is 0.303 e. The number of halogens is 1. The van der Waals surface area contributed by atoms with Crippen molar-refractivity contribution in [3.8, 4) is 11.3 Å². The van der Waals surface area contributed by atoms with Crippen LogP contribution in [-0.4, -0.2) is 64.5 Å². The fourth-order valence-electron chi connectivity index (χ4n) is 3.98. The Kier molecular flexibility index (Phi) is 6.58. The third kappa shape index (κ3) is 5.00. The number of nitrogens with zero attached hydrogens (tertiary/aromatic N) is 3. The van der Waals surface area contributed by atoms with Crippen LogP contribution in [0.5, 0.6) is 0 Å². The van der Waals surface area contributed by atoms with Crippen LogP contribution >= 0.6 is 11.6 Å². The highest BCUT2D eigenvalue weighted by Gasteiger charge is 2.22. The van der Waals surface area contributed by atoms with E-state index in [4.69, 9.17) is 27.4 Å². The van der Waals surface area contributed by atoms with Crippen LogP contribution < -0.4 is 5.73 Å². The summed E-state index contributed by atoms with van der Waals surface area (Å²) in [7, 11) is 0. The number of carbonyl (C=O) groups excluding carboxylic acids is 1. The summed E-state index contributed by atoms with van der Waals surface area (Å²) in [5.74, 6) is -0.813. The third-order valence-corrected chi connectivity index (χ3v) is 6.03. The Balaban J connectivity index is 1.50. The summed E-state index contributed by atoms with van der Waals surface area (Å²) in [5, 5.41) is 10.1. The summed E-state index contributed by atoms with van der Waals surface area (Å²) in [6.45, 7) is 3.44. The van der Waals surface area contributed by atoms with Gasteiger partial charge in [-0.25, -0.2) is 4.98 Å². The Morgan fingerprint density at radius 3 is 2.56 bits per heavy atom. The fraction of sp³-hybridized carbons (Fsp3) is 0.292. The predicted molar refractivity (Wildman–Crippen MR) is 126 cm³/mol. The number of pyridine rings is 1. The van der Waals surface area contributed by atoms with Crippen LogP contribution in [0.3, 0.4) is 0 Å². The highest BCUT2D eigenvalue weighted by molar-refractivity contribution is 6.35. The van der Waals surface area contributed by atoms with Crippen molar-refractivity contribution in [2.45, 2.75) is 12.8 Å². The number of anilines is 1. The van der Waals surface area contributed by atoms with Crippen molar-refractivity contribution in [1.82, 2.24) is 14.8 Å². The number of amides is 1. The molecule has 1 aliphatic heterocycles. The quantitative estimate of drug-likeness (QED) is 0.552. The van der Waals surface area contributed by atoms with E-state index in [0.717, 1.165) is 30.6 Å². The molecule has 0 bridgehead atoms. The van der Waals surface area contributed by atoms with Crippen molar-refractivity contribution < 1.29 is 14.7 Å². The van der Waals surface area contributed by atoms with Crippen LogP contribution in [0, 0.1) is 0 Å². The molecule has 7 nitrogen and oxygen atoms in total. The number of nitrogens with two attached hydrogens (primary N) is 1. The fourth-order valence-corrected chi connectivity index (χ4v) is 4.24. The highest BCUT2D eigenvalue weighted by Crippen LogP contribution is 2.29. The Bertz CT molecular complexity index is 1160. The van der Waals surface area contributed by atoms with E-state index in [1.54, 1.807) is 12.1 Å². The zero-order chi connectivity index (χ0) is 22.7. The van der Waals surface area contributed by atoms with Gasteiger partial charge in [0.05, 0.1) is 16.2 Å². The number of carboxylic acids is 1. The van der Waals surface area contributed by atoms with Gasteiger partial charge in [-0.1, -0.05) is 29.8 Å². The summed E-state index contributed by atoms with van der Waals surface area (Å²) in [6, 6.07) is 14.7. The largest absolute Gasteiger partial charge is 0.481 e. The first-order valence-electron chi connectivity index (χ1n) is 10.6. The Hall–Kier alpha value is -3.16. The second-order valence-electron chi connectivity index (χ2n) is 7.98. The van der Waals surface area contributed by atoms with Gasteiger partial charge >= 0.3 is 5.97 Å². The maximum atomic E-state index is 13.1. The minimum Gasteiger partial charge on any atom is -0.481 e. The lowest BCUT2D eigenvalue weighted by molar-refractivity contribution is -0.137. The standard InChI is InChI=1S/C24H25ClN4O3/c25-20-15-21(16-3-1-4-18(26)13-16)27-22-14-17(6-7-19(20)22)24(32)29-11-9-28(10-12-29)8-2-5-23(30)31/h1,3-4,6-7,13-15H,2,5,8-12,26H2,(H,30,31). The number of hydrogen-bond acceptors (Lipinski definition) is 5. The molecular weight excluding hydrogens is 428 g/mol. The predicted octanol–water partition coefficient (Wildman–Crippen LogP) is 3.76. The van der Waals surface area contributed by atoms with Gasteiger partial charge in [0.2, 0.25) is 0 Å². The first kappa shape index (κ1) is 22.0. The van der Waals surface area contributed by atoms with Crippen LogP contribution in [0.1, 0.15) is 23.2 Å². The van der Waals surface area contributed by atoms with Crippen LogP contribution in [0.15, 0.2) is 48.5 Å². The Morgan fingerprint density at radius 1 is 1.06 bits per heavy atom. The van der Waals surface area contributed by atoms with Gasteiger partial charge in [-0.15, -0.1) is 0 Å². The molecule has 1 saturated heterocycles. The van der Waals surface area contributed by atoms with Crippen molar-refractivity contribution in [3.63, 3.8) is 0 Å². The van der Waals surface area contributed by atoms with E-state index in [1.807, 2.05) is 41.3 Å². The normalized spacial score (nSPS) is 14.6. The first-order valence-corrected chi connectivity index (χ1v) is 11.0. The number of carbonyl (C=O) groups is 2. The van der Waals surface area contributed by atoms with E-state index in [9.17, 15) is 9.59 Å². The molecule has 3 aromatic rings. The number of aromatic nitrogens is 1. The number of hydrogen-bond donors (Lipinski definition) is 2. The zero-order valence-corrected chi connectivity index (χ0v) is 18.4. The molecule has 0 saturated carbocycles. The lowest BCUT2D eigenvalue weighted by atomic mass is 10.1. The van der Waals surface area contributed by atoms with Crippen LogP contribution in [0.4, 0.5) is 5.69 Å². The summed E-state index contributed by atoms with van der Waals surface area (Å²) >= 11 is 6.50. The number of benzene rings is 2. The SMILES string of the molecule is Nc1cccc(-c2cc(Cl)c3ccc(C(=O)N4CCN(CCCC(=O)O)CC4)cc3n2)c1. The van der Waals surface area contributed by atoms with Crippen LogP contribution in [0.25, 0.3) is 22.2 Å². The number of fused-ring (bicyclic) bond motifs is 1. The van der Waals surface area contributed by atoms with Gasteiger partial charge in [0.15, 0.2) is 0 Å². The lowest BCUT2D eigenvalue weighted by Crippen LogP contribution is -2.48. The number of carboxylic acid groups (broad SMARTS) is 1. The zero-order valence-electron chi connectivity index (χ0n) is 17.6. The molecule has 0 aliphatic carbocycles. The monoisotopic (exact) mass is 452 g/mol. The van der Waals surface area contributed by atoms with Gasteiger partial charge in [0.1, 0.15) is 0 Å². The molecule has 1 amide bonds. The number of aliphatic carboxylic acids is 1. The molecule has 2 aromatic carbocycles. The summed E-state index contributed by atoms with van der Waals surface area (Å²) < 4.78 is 0. The smallest absolute Gasteiger partial charge is 0.303 e. The van der Waals surface area contributed by atoms with E-state index in [1.165, 1.54) is 0 Å². The van der Waals surface area contributed by atoms with Gasteiger partial charge in [0, 0.05) is 54.8 Å². The molecular formula is C24H25ClN4O3. The topological polar surface area (TPSA) is 99.8 Å². The molecule has 0 radical (unpaired) electrons. The Labute approximate surface area is 191 Å². The Morgan fingerprint density at radius 2 is 1.84 bits per heavy atom. The minimum absolute atomic E-state index is 0.0376. The van der Waals surface area contributed by atoms with Crippen molar-refractivity contribution >= 4 is 40.1 Å². The van der Waals surface area contributed by atoms with Gasteiger partial charge in [0.25, 0.3) is 5.91 Å². The third-order valence-electron chi connectivity index (χ3n) is 5.71. The average Bonchev–Trinajstić information content (AvgIpc) is 2.78. The number of nitrogen functional groups attached to an aromatic ring is 1. The van der Waals surface area contributed by atoms with E-state index in [0.29, 0.717) is 47.0 Å². The molecule has 0 unspecified atom stereocenters. The maximum absolute atomic E-state index is 13.1. The van der Waals surface area contributed by atoms with Gasteiger partial charge in [-0.05, 0) is 43.3 Å². The number of piperazine rings is 1. The highest BCUT2D eigenvalue weighted by atomic mass is 35.5. The second kappa shape index (κ2) is 9.54. The number of rotatable bonds is 6. The van der Waals surface area contributed by atoms with Crippen molar-refractivity contribution in [2.75, 3.05) is 38.5 Å². The average molecular weight is 453 g/mol. The molecule has 2 heterocycles. The van der Waals surface area contributed by atoms with Crippen molar-refractivity contribution in [1.29, 1.82) is 0 Å². The molecule has 1 aromatic heterocycles. The molecule has 3 N–H and O–H groups in total. The van der Waals surface area contributed by atoms with E-state index in [-0.39, 0.29) is 12.3 Å². The van der Waals surface area contributed by atoms with E-state index >= 15 is 0 Å². The summed E-state index contributed by atoms with van der Waals surface area (Å²) in [4.78, 5) is 32.5. The summed E-state index contributed by atoms with van der Waals surface area (Å²) in [5.41, 5.74) is 9.35. The molecule has 0 spiro atoms. The molecule has 166 valence electrons. The van der Waals surface area contributed by atoms with Gasteiger partial charge in [-0.3, -0.25) is 14.5 Å². The minimum atomic E-state index is -0.775. The summed E-state index contributed by atoms with van der Waals surface area (Å²) in [6.07, 6.45) is 0.791. The van der Waals surface area contributed by atoms with E-state index in [2.05, 4.69) is 4.90 Å². The molecule has 1 aliphatic rings. The molecule has 1 fully saturated rings. The van der Waals surface area contributed by atoms with Gasteiger partial charge < -0.3 is 15.7 Å². The second-order valence-corrected chi connectivity index (χ2v) is 8.39. The van der Waals surface area contributed by atoms with Gasteiger partial charge in [-0.2, -0.15) is 0 Å². The van der Waals surface area contributed by atoms with E-state index < -0.39 is 5.97 Å². The molecule has 8 heteroatoms. The van der Waals surface area contributed by atoms with Crippen LogP contribution in [-0.2, 0) is 4.79 Å². The van der Waals surface area contributed by atoms with Crippen molar-refractivity contribution in [2.24, 2.45) is 0 Å². The molecule has 4 rings (SSSR count). The first-order chi connectivity index (χ1) is 15.4. The lowest BCUT2D eigenvalue weighted by Gasteiger charge is -2.34.